The molecule has 2 aromatic heterocycles. The quantitative estimate of drug-likeness (QED) is 0.679. The number of thiophene rings is 1. The molecule has 1 saturated heterocycles. The molecule has 4 rings (SSSR count). The van der Waals surface area contributed by atoms with Gasteiger partial charge in [0.1, 0.15) is 16.5 Å². The van der Waals surface area contributed by atoms with Crippen molar-refractivity contribution in [3.8, 4) is 11.1 Å². The van der Waals surface area contributed by atoms with Gasteiger partial charge in [-0.15, -0.1) is 11.3 Å². The van der Waals surface area contributed by atoms with Crippen LogP contribution in [0.5, 0.6) is 0 Å². The van der Waals surface area contributed by atoms with Crippen LogP contribution in [-0.2, 0) is 0 Å². The minimum Gasteiger partial charge on any atom is -0.395 e. The van der Waals surface area contributed by atoms with E-state index in [9.17, 15) is 0 Å². The van der Waals surface area contributed by atoms with Gasteiger partial charge >= 0.3 is 0 Å². The number of aliphatic hydroxyl groups excluding tert-OH is 1. The Kier molecular flexibility index (Phi) is 5.66. The van der Waals surface area contributed by atoms with Gasteiger partial charge in [-0.3, -0.25) is 0 Å². The second-order valence-corrected chi connectivity index (χ2v) is 8.06. The number of anilines is 1. The van der Waals surface area contributed by atoms with Crippen LogP contribution in [0.2, 0.25) is 0 Å². The zero-order chi connectivity index (χ0) is 18.6. The van der Waals surface area contributed by atoms with Crippen LogP contribution in [0.25, 0.3) is 21.3 Å². The first-order chi connectivity index (χ1) is 13.2. The molecule has 0 bridgehead atoms. The molecular formula is C21H26N4OS. The lowest BCUT2D eigenvalue weighted by molar-refractivity contribution is 0.151. The minimum absolute atomic E-state index is 0.252. The molecule has 0 aliphatic carbocycles. The van der Waals surface area contributed by atoms with E-state index >= 15 is 0 Å². The van der Waals surface area contributed by atoms with Gasteiger partial charge in [0, 0.05) is 24.0 Å². The van der Waals surface area contributed by atoms with Gasteiger partial charge < -0.3 is 15.3 Å². The maximum atomic E-state index is 9.10. The van der Waals surface area contributed by atoms with E-state index in [0.717, 1.165) is 60.9 Å². The van der Waals surface area contributed by atoms with E-state index in [1.165, 1.54) is 11.1 Å². The first-order valence-corrected chi connectivity index (χ1v) is 10.5. The van der Waals surface area contributed by atoms with Gasteiger partial charge in [-0.1, -0.05) is 30.3 Å². The van der Waals surface area contributed by atoms with E-state index in [1.54, 1.807) is 11.3 Å². The Morgan fingerprint density at radius 3 is 2.70 bits per heavy atom. The lowest BCUT2D eigenvalue weighted by Gasteiger charge is -2.31. The first kappa shape index (κ1) is 18.3. The van der Waals surface area contributed by atoms with Crippen LogP contribution in [0, 0.1) is 12.8 Å². The number of aliphatic hydroxyl groups is 1. The summed E-state index contributed by atoms with van der Waals surface area (Å²) < 4.78 is 0. The molecule has 3 heterocycles. The highest BCUT2D eigenvalue weighted by Gasteiger charge is 2.20. The summed E-state index contributed by atoms with van der Waals surface area (Å²) in [6.07, 6.45) is 2.32. The normalized spacial score (nSPS) is 16.1. The van der Waals surface area contributed by atoms with Crippen LogP contribution in [0.3, 0.4) is 0 Å². The maximum absolute atomic E-state index is 9.10. The third kappa shape index (κ3) is 4.13. The zero-order valence-corrected chi connectivity index (χ0v) is 16.5. The molecule has 1 aromatic carbocycles. The van der Waals surface area contributed by atoms with Crippen molar-refractivity contribution < 1.29 is 5.11 Å². The van der Waals surface area contributed by atoms with Crippen LogP contribution in [0.1, 0.15) is 18.7 Å². The summed E-state index contributed by atoms with van der Waals surface area (Å²) in [6.45, 7) is 6.07. The van der Waals surface area contributed by atoms with Crippen molar-refractivity contribution in [2.75, 3.05) is 38.1 Å². The Hall–Kier alpha value is -2.02. The number of likely N-dealkylation sites (tertiary alicyclic amines) is 1. The van der Waals surface area contributed by atoms with Crippen molar-refractivity contribution in [2.24, 2.45) is 5.92 Å². The van der Waals surface area contributed by atoms with Crippen LogP contribution in [-0.4, -0.2) is 52.8 Å². The highest BCUT2D eigenvalue weighted by atomic mass is 32.1. The van der Waals surface area contributed by atoms with Crippen molar-refractivity contribution in [3.63, 3.8) is 0 Å². The van der Waals surface area contributed by atoms with E-state index in [4.69, 9.17) is 10.1 Å². The fourth-order valence-corrected chi connectivity index (χ4v) is 4.80. The van der Waals surface area contributed by atoms with Crippen LogP contribution in [0.4, 0.5) is 5.82 Å². The number of β-amino-alcohol motifs (C(OH)–C–C–N with tert-alkyl or cyclic N) is 1. The van der Waals surface area contributed by atoms with E-state index in [0.29, 0.717) is 5.92 Å². The molecule has 3 aromatic rings. The molecule has 0 spiro atoms. The third-order valence-electron chi connectivity index (χ3n) is 5.31. The highest BCUT2D eigenvalue weighted by molar-refractivity contribution is 7.17. The summed E-state index contributed by atoms with van der Waals surface area (Å²) in [5, 5.41) is 16.0. The number of piperidine rings is 1. The molecule has 27 heavy (non-hydrogen) atoms. The fraction of sp³-hybridized carbons (Fsp3) is 0.429. The number of rotatable bonds is 6. The number of aromatic nitrogens is 2. The van der Waals surface area contributed by atoms with E-state index in [2.05, 4.69) is 44.8 Å². The highest BCUT2D eigenvalue weighted by Crippen LogP contribution is 2.37. The smallest absolute Gasteiger partial charge is 0.139 e. The summed E-state index contributed by atoms with van der Waals surface area (Å²) in [4.78, 5) is 12.8. The Morgan fingerprint density at radius 2 is 1.96 bits per heavy atom. The standard InChI is InChI=1S/C21H26N4OS/c1-15-23-20(22-13-16-7-9-25(10-8-16)11-12-26)19-18(14-27-21(19)24-15)17-5-3-2-4-6-17/h2-6,14,16,26H,7-13H2,1H3,(H,22,23,24). The lowest BCUT2D eigenvalue weighted by atomic mass is 9.96. The number of benzene rings is 1. The number of hydrogen-bond donors (Lipinski definition) is 2. The summed E-state index contributed by atoms with van der Waals surface area (Å²) in [5.74, 6) is 2.41. The third-order valence-corrected chi connectivity index (χ3v) is 6.18. The molecule has 0 amide bonds. The van der Waals surface area contributed by atoms with Crippen molar-refractivity contribution in [1.82, 2.24) is 14.9 Å². The van der Waals surface area contributed by atoms with Gasteiger partial charge in [0.15, 0.2) is 0 Å². The number of hydrogen-bond acceptors (Lipinski definition) is 6. The summed E-state index contributed by atoms with van der Waals surface area (Å²) in [7, 11) is 0. The van der Waals surface area contributed by atoms with Crippen LogP contribution < -0.4 is 5.32 Å². The SMILES string of the molecule is Cc1nc(NCC2CCN(CCO)CC2)c2c(-c3ccccc3)csc2n1. The van der Waals surface area contributed by atoms with Gasteiger partial charge in [-0.25, -0.2) is 9.97 Å². The van der Waals surface area contributed by atoms with Crippen molar-refractivity contribution in [1.29, 1.82) is 0 Å². The molecule has 2 N–H and O–H groups in total. The van der Waals surface area contributed by atoms with Crippen molar-refractivity contribution in [2.45, 2.75) is 19.8 Å². The Labute approximate surface area is 164 Å². The Morgan fingerprint density at radius 1 is 1.19 bits per heavy atom. The predicted molar refractivity (Wildman–Crippen MR) is 112 cm³/mol. The monoisotopic (exact) mass is 382 g/mol. The largest absolute Gasteiger partial charge is 0.395 e. The fourth-order valence-electron chi connectivity index (χ4n) is 3.80. The van der Waals surface area contributed by atoms with Crippen LogP contribution >= 0.6 is 11.3 Å². The average Bonchev–Trinajstić information content (AvgIpc) is 3.12. The number of nitrogens with one attached hydrogen (secondary N) is 1. The molecule has 5 nitrogen and oxygen atoms in total. The van der Waals surface area contributed by atoms with Crippen LogP contribution in [0.15, 0.2) is 35.7 Å². The summed E-state index contributed by atoms with van der Waals surface area (Å²) in [6, 6.07) is 10.5. The molecule has 1 fully saturated rings. The minimum atomic E-state index is 0.252. The molecule has 6 heteroatoms. The van der Waals surface area contributed by atoms with Gasteiger partial charge in [0.2, 0.25) is 0 Å². The van der Waals surface area contributed by atoms with Crippen molar-refractivity contribution >= 4 is 27.4 Å². The average molecular weight is 383 g/mol. The molecule has 0 radical (unpaired) electrons. The molecule has 1 aliphatic heterocycles. The Balaban J connectivity index is 1.54. The molecule has 0 atom stereocenters. The van der Waals surface area contributed by atoms with E-state index in [-0.39, 0.29) is 6.61 Å². The predicted octanol–water partition coefficient (Wildman–Crippen LogP) is 3.78. The summed E-state index contributed by atoms with van der Waals surface area (Å²) >= 11 is 1.68. The number of fused-ring (bicyclic) bond motifs is 1. The number of nitrogens with zero attached hydrogens (tertiary/aromatic N) is 3. The van der Waals surface area contributed by atoms with Gasteiger partial charge in [-0.05, 0) is 44.3 Å². The van der Waals surface area contributed by atoms with Crippen molar-refractivity contribution in [3.05, 3.63) is 41.5 Å². The van der Waals surface area contributed by atoms with E-state index < -0.39 is 0 Å². The second kappa shape index (κ2) is 8.33. The molecular weight excluding hydrogens is 356 g/mol. The molecule has 0 saturated carbocycles. The van der Waals surface area contributed by atoms with E-state index in [1.807, 2.05) is 13.0 Å². The molecule has 142 valence electrons. The van der Waals surface area contributed by atoms with Gasteiger partial charge in [0.25, 0.3) is 0 Å². The molecule has 1 aliphatic rings. The zero-order valence-electron chi connectivity index (χ0n) is 15.7. The number of aryl methyl sites for hydroxylation is 1. The van der Waals surface area contributed by atoms with Gasteiger partial charge in [0.05, 0.1) is 12.0 Å². The lowest BCUT2D eigenvalue weighted by Crippen LogP contribution is -2.37. The first-order valence-electron chi connectivity index (χ1n) is 9.63. The Bertz CT molecular complexity index is 888. The second-order valence-electron chi connectivity index (χ2n) is 7.20. The summed E-state index contributed by atoms with van der Waals surface area (Å²) in [5.41, 5.74) is 2.41. The van der Waals surface area contributed by atoms with Gasteiger partial charge in [-0.2, -0.15) is 0 Å². The maximum Gasteiger partial charge on any atom is 0.139 e. The topological polar surface area (TPSA) is 61.3 Å². The molecule has 0 unspecified atom stereocenters.